The molecule has 2 unspecified atom stereocenters. The van der Waals surface area contributed by atoms with E-state index < -0.39 is 0 Å². The maximum atomic E-state index is 9.22. The van der Waals surface area contributed by atoms with E-state index >= 15 is 0 Å². The molecular formula is C20H24N8. The van der Waals surface area contributed by atoms with Crippen molar-refractivity contribution in [2.75, 3.05) is 7.05 Å². The van der Waals surface area contributed by atoms with Crippen molar-refractivity contribution >= 4 is 18.1 Å². The number of nitrogens with one attached hydrogen (secondary N) is 1. The number of imidazole rings is 1. The van der Waals surface area contributed by atoms with Crippen LogP contribution in [0.1, 0.15) is 44.8 Å². The van der Waals surface area contributed by atoms with Crippen molar-refractivity contribution < 1.29 is 0 Å². The van der Waals surface area contributed by atoms with Crippen molar-refractivity contribution in [1.82, 2.24) is 24.1 Å². The fourth-order valence-corrected chi connectivity index (χ4v) is 3.19. The summed E-state index contributed by atoms with van der Waals surface area (Å²) in [7, 11) is 1.68. The highest BCUT2D eigenvalue weighted by molar-refractivity contribution is 5.88. The third kappa shape index (κ3) is 3.69. The van der Waals surface area contributed by atoms with E-state index in [4.69, 9.17) is 10.4 Å². The van der Waals surface area contributed by atoms with Crippen LogP contribution < -0.4 is 0 Å². The molecule has 8 nitrogen and oxygen atoms in total. The molecular weight excluding hydrogens is 352 g/mol. The molecule has 0 bridgehead atoms. The SMILES string of the molecule is CN=CC(C=N)c1cc2nccn2c(-c2cnn(C(CC#N)C(C)(C)C)c2)n1. The van der Waals surface area contributed by atoms with Gasteiger partial charge in [-0.1, -0.05) is 20.8 Å². The Labute approximate surface area is 164 Å². The molecule has 0 aliphatic rings. The first-order valence-electron chi connectivity index (χ1n) is 9.07. The maximum Gasteiger partial charge on any atom is 0.149 e. The van der Waals surface area contributed by atoms with Crippen LogP contribution in [0.5, 0.6) is 0 Å². The van der Waals surface area contributed by atoms with E-state index in [1.54, 1.807) is 25.7 Å². The Morgan fingerprint density at radius 2 is 2.18 bits per heavy atom. The molecule has 2 atom stereocenters. The van der Waals surface area contributed by atoms with Gasteiger partial charge in [-0.05, 0) is 5.41 Å². The van der Waals surface area contributed by atoms with Crippen molar-refractivity contribution in [1.29, 1.82) is 10.7 Å². The molecule has 0 saturated heterocycles. The summed E-state index contributed by atoms with van der Waals surface area (Å²) in [6.07, 6.45) is 10.6. The highest BCUT2D eigenvalue weighted by atomic mass is 15.3. The van der Waals surface area contributed by atoms with Crippen LogP contribution in [0.15, 0.2) is 35.8 Å². The first kappa shape index (κ1) is 19.4. The lowest BCUT2D eigenvalue weighted by molar-refractivity contribution is 0.228. The molecule has 3 heterocycles. The number of aromatic nitrogens is 5. The Hall–Kier alpha value is -3.34. The molecule has 0 saturated carbocycles. The minimum Gasteiger partial charge on any atom is -0.312 e. The number of nitrogens with zero attached hydrogens (tertiary/aromatic N) is 7. The fourth-order valence-electron chi connectivity index (χ4n) is 3.19. The zero-order valence-electron chi connectivity index (χ0n) is 16.5. The lowest BCUT2D eigenvalue weighted by Crippen LogP contribution is -2.24. The van der Waals surface area contributed by atoms with Crippen molar-refractivity contribution in [3.05, 3.63) is 36.5 Å². The molecule has 28 heavy (non-hydrogen) atoms. The van der Waals surface area contributed by atoms with E-state index in [-0.39, 0.29) is 17.4 Å². The van der Waals surface area contributed by atoms with Crippen molar-refractivity contribution in [3.63, 3.8) is 0 Å². The predicted molar refractivity (Wildman–Crippen MR) is 109 cm³/mol. The summed E-state index contributed by atoms with van der Waals surface area (Å²) in [5, 5.41) is 21.4. The monoisotopic (exact) mass is 376 g/mol. The third-order valence-corrected chi connectivity index (χ3v) is 4.70. The molecule has 0 aliphatic carbocycles. The van der Waals surface area contributed by atoms with Gasteiger partial charge in [-0.15, -0.1) is 0 Å². The largest absolute Gasteiger partial charge is 0.312 e. The van der Waals surface area contributed by atoms with Gasteiger partial charge in [0.2, 0.25) is 0 Å². The smallest absolute Gasteiger partial charge is 0.149 e. The third-order valence-electron chi connectivity index (χ3n) is 4.70. The minimum absolute atomic E-state index is 0.0470. The Balaban J connectivity index is 2.11. The van der Waals surface area contributed by atoms with Gasteiger partial charge in [0.05, 0.1) is 41.9 Å². The van der Waals surface area contributed by atoms with Gasteiger partial charge in [0.25, 0.3) is 0 Å². The van der Waals surface area contributed by atoms with Gasteiger partial charge >= 0.3 is 0 Å². The quantitative estimate of drug-likeness (QED) is 0.664. The number of aliphatic imine (C=N–C) groups is 1. The number of hydrogen-bond acceptors (Lipinski definition) is 6. The van der Waals surface area contributed by atoms with Gasteiger partial charge in [-0.2, -0.15) is 10.4 Å². The highest BCUT2D eigenvalue weighted by Gasteiger charge is 2.27. The van der Waals surface area contributed by atoms with Crippen LogP contribution in [0.3, 0.4) is 0 Å². The second-order valence-corrected chi connectivity index (χ2v) is 7.71. The van der Waals surface area contributed by atoms with E-state index in [0.29, 0.717) is 17.9 Å². The predicted octanol–water partition coefficient (Wildman–Crippen LogP) is 3.53. The Kier molecular flexibility index (Phi) is 5.36. The van der Waals surface area contributed by atoms with Gasteiger partial charge in [-0.25, -0.2) is 9.97 Å². The summed E-state index contributed by atoms with van der Waals surface area (Å²) >= 11 is 0. The lowest BCUT2D eigenvalue weighted by Gasteiger charge is -2.28. The molecule has 0 fully saturated rings. The summed E-state index contributed by atoms with van der Waals surface area (Å²) in [4.78, 5) is 13.2. The van der Waals surface area contributed by atoms with Crippen LogP contribution in [-0.2, 0) is 0 Å². The molecule has 144 valence electrons. The number of fused-ring (bicyclic) bond motifs is 1. The summed E-state index contributed by atoms with van der Waals surface area (Å²) in [5.41, 5.74) is 2.16. The number of hydrogen-bond donors (Lipinski definition) is 1. The Morgan fingerprint density at radius 3 is 2.82 bits per heavy atom. The Bertz CT molecular complexity index is 1040. The Morgan fingerprint density at radius 1 is 1.39 bits per heavy atom. The first-order chi connectivity index (χ1) is 13.4. The van der Waals surface area contributed by atoms with Gasteiger partial charge in [0.15, 0.2) is 0 Å². The zero-order valence-corrected chi connectivity index (χ0v) is 16.5. The van der Waals surface area contributed by atoms with Gasteiger partial charge in [-0.3, -0.25) is 14.1 Å². The van der Waals surface area contributed by atoms with Gasteiger partial charge in [0, 0.05) is 44.1 Å². The molecule has 3 rings (SSSR count). The number of nitriles is 1. The van der Waals surface area contributed by atoms with Crippen molar-refractivity contribution in [2.24, 2.45) is 10.4 Å². The second-order valence-electron chi connectivity index (χ2n) is 7.71. The molecule has 8 heteroatoms. The van der Waals surface area contributed by atoms with E-state index in [0.717, 1.165) is 11.2 Å². The topological polar surface area (TPSA) is 108 Å². The molecule has 0 amide bonds. The minimum atomic E-state index is -0.318. The lowest BCUT2D eigenvalue weighted by atomic mass is 9.85. The van der Waals surface area contributed by atoms with Gasteiger partial charge in [0.1, 0.15) is 11.5 Å². The zero-order chi connectivity index (χ0) is 20.3. The van der Waals surface area contributed by atoms with Crippen LogP contribution in [0.2, 0.25) is 0 Å². The maximum absolute atomic E-state index is 9.22. The fraction of sp³-hybridized carbons (Fsp3) is 0.400. The van der Waals surface area contributed by atoms with E-state index in [9.17, 15) is 5.26 Å². The van der Waals surface area contributed by atoms with Crippen LogP contribution in [0.25, 0.3) is 17.0 Å². The van der Waals surface area contributed by atoms with Crippen LogP contribution in [0.4, 0.5) is 0 Å². The van der Waals surface area contributed by atoms with E-state index in [1.165, 1.54) is 6.21 Å². The summed E-state index contributed by atoms with van der Waals surface area (Å²) in [5.74, 6) is 0.374. The first-order valence-corrected chi connectivity index (χ1v) is 9.07. The molecule has 1 N–H and O–H groups in total. The number of rotatable bonds is 6. The molecule has 0 radical (unpaired) electrons. The molecule has 0 spiro atoms. The van der Waals surface area contributed by atoms with E-state index in [2.05, 4.69) is 41.9 Å². The molecule has 0 aliphatic heterocycles. The van der Waals surface area contributed by atoms with Crippen LogP contribution >= 0.6 is 0 Å². The normalized spacial score (nSPS) is 14.2. The van der Waals surface area contributed by atoms with Crippen molar-refractivity contribution in [3.8, 4) is 17.5 Å². The van der Waals surface area contributed by atoms with Crippen LogP contribution in [0, 0.1) is 22.2 Å². The summed E-state index contributed by atoms with van der Waals surface area (Å²) < 4.78 is 3.74. The standard InChI is InChI=1S/C20H24N8/c1-20(2,3)17(5-6-21)28-13-15(12-25-28)19-26-16(14(10-22)11-23-4)9-18-24-7-8-27(18)19/h7-14,17,22H,5H2,1-4H3. The van der Waals surface area contributed by atoms with Crippen molar-refractivity contribution in [2.45, 2.75) is 39.2 Å². The van der Waals surface area contributed by atoms with Gasteiger partial charge < -0.3 is 5.41 Å². The van der Waals surface area contributed by atoms with Crippen LogP contribution in [-0.4, -0.2) is 43.6 Å². The average Bonchev–Trinajstić information content (AvgIpc) is 3.31. The average molecular weight is 376 g/mol. The summed E-state index contributed by atoms with van der Waals surface area (Å²) in [6.45, 7) is 6.30. The molecule has 3 aromatic heterocycles. The molecule has 3 aromatic rings. The second kappa shape index (κ2) is 7.72. The highest BCUT2D eigenvalue weighted by Crippen LogP contribution is 2.33. The summed E-state index contributed by atoms with van der Waals surface area (Å²) in [6, 6.07) is 4.07. The molecule has 0 aromatic carbocycles. The van der Waals surface area contributed by atoms with E-state index in [1.807, 2.05) is 27.5 Å².